The Labute approximate surface area is 183 Å². The molecular formula is C24H30N2O5. The van der Waals surface area contributed by atoms with E-state index in [0.29, 0.717) is 49.1 Å². The Balaban J connectivity index is 1.60. The van der Waals surface area contributed by atoms with E-state index >= 15 is 0 Å². The van der Waals surface area contributed by atoms with Crippen molar-refractivity contribution < 1.29 is 23.7 Å². The van der Waals surface area contributed by atoms with Gasteiger partial charge >= 0.3 is 0 Å². The molecule has 0 radical (unpaired) electrons. The van der Waals surface area contributed by atoms with Gasteiger partial charge in [-0.1, -0.05) is 18.7 Å². The zero-order valence-corrected chi connectivity index (χ0v) is 18.4. The largest absolute Gasteiger partial charge is 0.493 e. The van der Waals surface area contributed by atoms with Gasteiger partial charge in [-0.05, 0) is 30.3 Å². The van der Waals surface area contributed by atoms with Crippen molar-refractivity contribution in [2.45, 2.75) is 6.54 Å². The summed E-state index contributed by atoms with van der Waals surface area (Å²) in [7, 11) is 4.84. The van der Waals surface area contributed by atoms with Crippen molar-refractivity contribution in [3.63, 3.8) is 0 Å². The number of hydrogen-bond donors (Lipinski definition) is 0. The molecule has 1 fully saturated rings. The molecule has 0 spiro atoms. The smallest absolute Gasteiger partial charge is 0.253 e. The summed E-state index contributed by atoms with van der Waals surface area (Å²) in [6, 6.07) is 11.1. The van der Waals surface area contributed by atoms with Crippen LogP contribution in [-0.2, 0) is 6.54 Å². The van der Waals surface area contributed by atoms with Crippen LogP contribution in [0.2, 0.25) is 0 Å². The average Bonchev–Trinajstić information content (AvgIpc) is 2.82. The molecule has 0 saturated carbocycles. The second-order valence-corrected chi connectivity index (χ2v) is 7.19. The zero-order chi connectivity index (χ0) is 22.2. The summed E-state index contributed by atoms with van der Waals surface area (Å²) < 4.78 is 21.9. The van der Waals surface area contributed by atoms with E-state index in [1.54, 1.807) is 27.4 Å². The van der Waals surface area contributed by atoms with E-state index in [4.69, 9.17) is 18.9 Å². The molecule has 0 aliphatic carbocycles. The second-order valence-electron chi connectivity index (χ2n) is 7.19. The fraction of sp³-hybridized carbons (Fsp3) is 0.375. The van der Waals surface area contributed by atoms with Crippen molar-refractivity contribution in [3.8, 4) is 23.0 Å². The summed E-state index contributed by atoms with van der Waals surface area (Å²) in [5, 5.41) is 0. The van der Waals surface area contributed by atoms with E-state index in [2.05, 4.69) is 11.5 Å². The third-order valence-electron chi connectivity index (χ3n) is 5.31. The molecule has 2 aromatic rings. The number of piperazine rings is 1. The van der Waals surface area contributed by atoms with Crippen molar-refractivity contribution in [3.05, 3.63) is 60.2 Å². The normalized spacial score (nSPS) is 14.1. The minimum absolute atomic E-state index is 0.0404. The van der Waals surface area contributed by atoms with Gasteiger partial charge in [0.25, 0.3) is 5.91 Å². The fourth-order valence-electron chi connectivity index (χ4n) is 3.67. The van der Waals surface area contributed by atoms with E-state index in [9.17, 15) is 4.79 Å². The summed E-state index contributed by atoms with van der Waals surface area (Å²) in [5.41, 5.74) is 1.69. The zero-order valence-electron chi connectivity index (χ0n) is 18.4. The van der Waals surface area contributed by atoms with Crippen LogP contribution in [0, 0.1) is 0 Å². The monoisotopic (exact) mass is 426 g/mol. The van der Waals surface area contributed by atoms with Gasteiger partial charge in [0.1, 0.15) is 12.4 Å². The molecule has 7 heteroatoms. The first kappa shape index (κ1) is 22.5. The first-order valence-electron chi connectivity index (χ1n) is 10.2. The molecule has 1 aliphatic heterocycles. The molecular weight excluding hydrogens is 396 g/mol. The first-order valence-corrected chi connectivity index (χ1v) is 10.2. The first-order chi connectivity index (χ1) is 15.1. The Hall–Kier alpha value is -3.19. The van der Waals surface area contributed by atoms with E-state index in [1.165, 1.54) is 0 Å². The number of methoxy groups -OCH3 is 3. The van der Waals surface area contributed by atoms with Gasteiger partial charge in [-0.3, -0.25) is 9.69 Å². The molecule has 3 rings (SSSR count). The van der Waals surface area contributed by atoms with E-state index in [-0.39, 0.29) is 5.91 Å². The van der Waals surface area contributed by atoms with Crippen molar-refractivity contribution in [2.24, 2.45) is 0 Å². The van der Waals surface area contributed by atoms with Gasteiger partial charge < -0.3 is 23.8 Å². The lowest BCUT2D eigenvalue weighted by atomic mass is 10.1. The lowest BCUT2D eigenvalue weighted by Gasteiger charge is -2.35. The van der Waals surface area contributed by atoms with Crippen LogP contribution < -0.4 is 18.9 Å². The topological polar surface area (TPSA) is 60.5 Å². The molecule has 0 aromatic heterocycles. The SMILES string of the molecule is C=CCOc1ccc(C(=O)N2CCN(Cc3ccc(OC)c(OC)c3OC)CC2)cc1. The highest BCUT2D eigenvalue weighted by atomic mass is 16.5. The van der Waals surface area contributed by atoms with Gasteiger partial charge in [-0.2, -0.15) is 0 Å². The number of amides is 1. The van der Waals surface area contributed by atoms with Crippen LogP contribution in [0.1, 0.15) is 15.9 Å². The number of nitrogens with zero attached hydrogens (tertiary/aromatic N) is 2. The van der Waals surface area contributed by atoms with Crippen LogP contribution in [-0.4, -0.2) is 69.8 Å². The van der Waals surface area contributed by atoms with Gasteiger partial charge in [0.05, 0.1) is 21.3 Å². The highest BCUT2D eigenvalue weighted by Gasteiger charge is 2.24. The third-order valence-corrected chi connectivity index (χ3v) is 5.31. The highest BCUT2D eigenvalue weighted by Crippen LogP contribution is 2.40. The summed E-state index contributed by atoms with van der Waals surface area (Å²) in [5.74, 6) is 2.68. The van der Waals surface area contributed by atoms with Crippen LogP contribution in [0.3, 0.4) is 0 Å². The number of hydrogen-bond acceptors (Lipinski definition) is 6. The molecule has 1 heterocycles. The predicted octanol–water partition coefficient (Wildman–Crippen LogP) is 3.24. The summed E-state index contributed by atoms with van der Waals surface area (Å²) in [6.07, 6.45) is 1.69. The maximum Gasteiger partial charge on any atom is 0.253 e. The summed E-state index contributed by atoms with van der Waals surface area (Å²) >= 11 is 0. The standard InChI is InChI=1S/C24H30N2O5/c1-5-16-31-20-9-6-18(7-10-20)24(27)26-14-12-25(13-15-26)17-19-8-11-21(28-2)23(30-4)22(19)29-3/h5-11H,1,12-17H2,2-4H3. The van der Waals surface area contributed by atoms with Crippen molar-refractivity contribution in [1.82, 2.24) is 9.80 Å². The Morgan fingerprint density at radius 1 is 0.935 bits per heavy atom. The maximum absolute atomic E-state index is 12.8. The van der Waals surface area contributed by atoms with E-state index in [0.717, 1.165) is 24.4 Å². The minimum Gasteiger partial charge on any atom is -0.493 e. The molecule has 1 aliphatic rings. The van der Waals surface area contributed by atoms with E-state index in [1.807, 2.05) is 41.3 Å². The molecule has 1 saturated heterocycles. The Kier molecular flexibility index (Phi) is 7.78. The van der Waals surface area contributed by atoms with Crippen LogP contribution >= 0.6 is 0 Å². The summed E-state index contributed by atoms with van der Waals surface area (Å²) in [6.45, 7) is 7.69. The van der Waals surface area contributed by atoms with Gasteiger partial charge in [-0.15, -0.1) is 0 Å². The Morgan fingerprint density at radius 2 is 1.61 bits per heavy atom. The molecule has 7 nitrogen and oxygen atoms in total. The lowest BCUT2D eigenvalue weighted by molar-refractivity contribution is 0.0627. The number of ether oxygens (including phenoxy) is 4. The molecule has 0 bridgehead atoms. The quantitative estimate of drug-likeness (QED) is 0.574. The molecule has 0 unspecified atom stereocenters. The second kappa shape index (κ2) is 10.7. The number of carbonyl (C=O) groups excluding carboxylic acids is 1. The van der Waals surface area contributed by atoms with E-state index < -0.39 is 0 Å². The van der Waals surface area contributed by atoms with Crippen LogP contribution in [0.4, 0.5) is 0 Å². The number of rotatable bonds is 9. The number of carbonyl (C=O) groups is 1. The number of benzene rings is 2. The molecule has 1 amide bonds. The lowest BCUT2D eigenvalue weighted by Crippen LogP contribution is -2.48. The van der Waals surface area contributed by atoms with Gasteiger partial charge in [-0.25, -0.2) is 0 Å². The molecule has 0 N–H and O–H groups in total. The van der Waals surface area contributed by atoms with Crippen LogP contribution in [0.15, 0.2) is 49.1 Å². The Morgan fingerprint density at radius 3 is 2.19 bits per heavy atom. The Bertz CT molecular complexity index is 890. The van der Waals surface area contributed by atoms with Crippen molar-refractivity contribution in [2.75, 3.05) is 54.1 Å². The third kappa shape index (κ3) is 5.30. The van der Waals surface area contributed by atoms with Gasteiger partial charge in [0, 0.05) is 43.9 Å². The molecule has 0 atom stereocenters. The fourth-order valence-corrected chi connectivity index (χ4v) is 3.67. The maximum atomic E-state index is 12.8. The van der Waals surface area contributed by atoms with Crippen molar-refractivity contribution in [1.29, 1.82) is 0 Å². The summed E-state index contributed by atoms with van der Waals surface area (Å²) in [4.78, 5) is 17.0. The molecule has 2 aromatic carbocycles. The van der Waals surface area contributed by atoms with Gasteiger partial charge in [0.15, 0.2) is 11.5 Å². The molecule has 31 heavy (non-hydrogen) atoms. The van der Waals surface area contributed by atoms with Crippen LogP contribution in [0.5, 0.6) is 23.0 Å². The van der Waals surface area contributed by atoms with Crippen molar-refractivity contribution >= 4 is 5.91 Å². The van der Waals surface area contributed by atoms with Gasteiger partial charge in [0.2, 0.25) is 5.75 Å². The predicted molar refractivity (Wildman–Crippen MR) is 119 cm³/mol. The highest BCUT2D eigenvalue weighted by molar-refractivity contribution is 5.94. The van der Waals surface area contributed by atoms with Crippen LogP contribution in [0.25, 0.3) is 0 Å². The molecule has 166 valence electrons. The average molecular weight is 427 g/mol. The minimum atomic E-state index is 0.0404.